The summed E-state index contributed by atoms with van der Waals surface area (Å²) in [5.41, 5.74) is 2.28. The number of nitriles is 1. The standard InChI is InChI=1S/C17H13F5N2O3/c1-3-26-16(25)11-7(2)27-15(24)9(6-23)12(11)8-4-5-10(17(20,21)22)14(19)13(8)18/h4-5,12H,3,24H2,1-2H3. The summed E-state index contributed by atoms with van der Waals surface area (Å²) in [6.07, 6.45) is -5.12. The Hall–Kier alpha value is -3.09. The van der Waals surface area contributed by atoms with Crippen LogP contribution in [0.4, 0.5) is 22.0 Å². The first-order valence-corrected chi connectivity index (χ1v) is 7.55. The molecule has 2 rings (SSSR count). The van der Waals surface area contributed by atoms with E-state index in [0.717, 1.165) is 0 Å². The molecule has 0 fully saturated rings. The van der Waals surface area contributed by atoms with E-state index in [4.69, 9.17) is 15.2 Å². The first-order valence-electron chi connectivity index (χ1n) is 7.55. The van der Waals surface area contributed by atoms with Crippen molar-refractivity contribution in [3.05, 3.63) is 57.7 Å². The molecule has 10 heteroatoms. The molecule has 0 aliphatic carbocycles. The van der Waals surface area contributed by atoms with E-state index in [-0.39, 0.29) is 17.9 Å². The number of esters is 1. The highest BCUT2D eigenvalue weighted by Crippen LogP contribution is 2.42. The van der Waals surface area contributed by atoms with Gasteiger partial charge in [-0.3, -0.25) is 0 Å². The molecular weight excluding hydrogens is 375 g/mol. The number of carbonyl (C=O) groups is 1. The average molecular weight is 388 g/mol. The molecule has 1 aliphatic heterocycles. The van der Waals surface area contributed by atoms with Crippen LogP contribution in [0.15, 0.2) is 34.9 Å². The number of allylic oxidation sites excluding steroid dienone is 2. The minimum Gasteiger partial charge on any atom is -0.463 e. The molecule has 0 radical (unpaired) electrons. The number of hydrogen-bond acceptors (Lipinski definition) is 5. The van der Waals surface area contributed by atoms with E-state index in [1.165, 1.54) is 13.8 Å². The van der Waals surface area contributed by atoms with Gasteiger partial charge in [0.1, 0.15) is 17.4 Å². The van der Waals surface area contributed by atoms with Crippen LogP contribution in [-0.2, 0) is 20.4 Å². The fraction of sp³-hybridized carbons (Fsp3) is 0.294. The molecule has 1 aromatic carbocycles. The van der Waals surface area contributed by atoms with Gasteiger partial charge >= 0.3 is 12.1 Å². The second-order valence-electron chi connectivity index (χ2n) is 5.44. The normalized spacial score (nSPS) is 17.5. The molecule has 144 valence electrons. The van der Waals surface area contributed by atoms with Crippen LogP contribution in [-0.4, -0.2) is 12.6 Å². The molecule has 1 atom stereocenters. The van der Waals surface area contributed by atoms with Crippen molar-refractivity contribution in [1.82, 2.24) is 0 Å². The van der Waals surface area contributed by atoms with Gasteiger partial charge < -0.3 is 15.2 Å². The molecule has 5 nitrogen and oxygen atoms in total. The van der Waals surface area contributed by atoms with Crippen LogP contribution in [0.2, 0.25) is 0 Å². The van der Waals surface area contributed by atoms with Gasteiger partial charge in [0.15, 0.2) is 11.6 Å². The predicted octanol–water partition coefficient (Wildman–Crippen LogP) is 3.63. The van der Waals surface area contributed by atoms with Gasteiger partial charge in [-0.1, -0.05) is 6.07 Å². The minimum atomic E-state index is -5.12. The largest absolute Gasteiger partial charge is 0.463 e. The van der Waals surface area contributed by atoms with Gasteiger partial charge in [-0.2, -0.15) is 18.4 Å². The quantitative estimate of drug-likeness (QED) is 0.631. The Kier molecular flexibility index (Phi) is 5.44. The van der Waals surface area contributed by atoms with Crippen molar-refractivity contribution < 1.29 is 36.2 Å². The smallest absolute Gasteiger partial charge is 0.419 e. The van der Waals surface area contributed by atoms with Crippen molar-refractivity contribution in [1.29, 1.82) is 5.26 Å². The lowest BCUT2D eigenvalue weighted by Crippen LogP contribution is -2.26. The SMILES string of the molecule is CCOC(=O)C1=C(C)OC(N)=C(C#N)C1c1ccc(C(F)(F)F)c(F)c1F. The Morgan fingerprint density at radius 2 is 1.96 bits per heavy atom. The van der Waals surface area contributed by atoms with Crippen LogP contribution in [0.1, 0.15) is 30.9 Å². The van der Waals surface area contributed by atoms with Crippen molar-refractivity contribution in [2.24, 2.45) is 5.73 Å². The van der Waals surface area contributed by atoms with Gasteiger partial charge in [0.2, 0.25) is 5.88 Å². The fourth-order valence-corrected chi connectivity index (χ4v) is 2.67. The Balaban J connectivity index is 2.74. The number of rotatable bonds is 3. The van der Waals surface area contributed by atoms with Gasteiger partial charge in [0.25, 0.3) is 0 Å². The molecule has 0 bridgehead atoms. The molecule has 2 N–H and O–H groups in total. The van der Waals surface area contributed by atoms with Crippen LogP contribution in [0.5, 0.6) is 0 Å². The van der Waals surface area contributed by atoms with Crippen molar-refractivity contribution in [3.63, 3.8) is 0 Å². The summed E-state index contributed by atoms with van der Waals surface area (Å²) in [5.74, 6) is -7.21. The fourth-order valence-electron chi connectivity index (χ4n) is 2.67. The van der Waals surface area contributed by atoms with Crippen LogP contribution >= 0.6 is 0 Å². The molecule has 1 unspecified atom stereocenters. The third-order valence-electron chi connectivity index (χ3n) is 3.83. The molecule has 0 spiro atoms. The summed E-state index contributed by atoms with van der Waals surface area (Å²) >= 11 is 0. The Morgan fingerprint density at radius 3 is 2.48 bits per heavy atom. The zero-order valence-corrected chi connectivity index (χ0v) is 14.1. The number of alkyl halides is 3. The maximum absolute atomic E-state index is 14.5. The summed E-state index contributed by atoms with van der Waals surface area (Å²) in [5, 5.41) is 9.31. The third kappa shape index (κ3) is 3.58. The van der Waals surface area contributed by atoms with Gasteiger partial charge in [-0.15, -0.1) is 0 Å². The number of hydrogen-bond donors (Lipinski definition) is 1. The van der Waals surface area contributed by atoms with E-state index in [1.54, 1.807) is 6.07 Å². The van der Waals surface area contributed by atoms with Crippen molar-refractivity contribution in [2.75, 3.05) is 6.61 Å². The highest BCUT2D eigenvalue weighted by atomic mass is 19.4. The second-order valence-corrected chi connectivity index (χ2v) is 5.44. The number of ether oxygens (including phenoxy) is 2. The zero-order valence-electron chi connectivity index (χ0n) is 14.1. The number of nitrogens with zero attached hydrogens (tertiary/aromatic N) is 1. The second kappa shape index (κ2) is 7.26. The van der Waals surface area contributed by atoms with E-state index >= 15 is 0 Å². The number of halogens is 5. The minimum absolute atomic E-state index is 0.0761. The highest BCUT2D eigenvalue weighted by Gasteiger charge is 2.41. The van der Waals surface area contributed by atoms with Gasteiger partial charge in [-0.25, -0.2) is 13.6 Å². The lowest BCUT2D eigenvalue weighted by atomic mass is 9.82. The topological polar surface area (TPSA) is 85.3 Å². The highest BCUT2D eigenvalue weighted by molar-refractivity contribution is 5.92. The van der Waals surface area contributed by atoms with E-state index in [9.17, 15) is 32.0 Å². The maximum atomic E-state index is 14.5. The van der Waals surface area contributed by atoms with E-state index in [1.807, 2.05) is 0 Å². The Morgan fingerprint density at radius 1 is 1.33 bits per heavy atom. The Labute approximate surface area is 150 Å². The van der Waals surface area contributed by atoms with Gasteiger partial charge in [0, 0.05) is 5.56 Å². The van der Waals surface area contributed by atoms with E-state index in [2.05, 4.69) is 0 Å². The first-order chi connectivity index (χ1) is 12.5. The lowest BCUT2D eigenvalue weighted by molar-refractivity contribution is -0.141. The number of benzene rings is 1. The van der Waals surface area contributed by atoms with E-state index in [0.29, 0.717) is 12.1 Å². The average Bonchev–Trinajstić information content (AvgIpc) is 2.55. The summed E-state index contributed by atoms with van der Waals surface area (Å²) < 4.78 is 76.8. The summed E-state index contributed by atoms with van der Waals surface area (Å²) in [6.45, 7) is 2.69. The van der Waals surface area contributed by atoms with Crippen molar-refractivity contribution in [3.8, 4) is 6.07 Å². The zero-order chi connectivity index (χ0) is 20.5. The molecule has 27 heavy (non-hydrogen) atoms. The molecule has 1 aromatic rings. The van der Waals surface area contributed by atoms with Gasteiger partial charge in [0.05, 0.1) is 23.7 Å². The molecule has 1 heterocycles. The number of nitrogens with two attached hydrogens (primary N) is 1. The Bertz CT molecular complexity index is 897. The molecule has 0 aromatic heterocycles. The van der Waals surface area contributed by atoms with Gasteiger partial charge in [-0.05, 0) is 19.9 Å². The third-order valence-corrected chi connectivity index (χ3v) is 3.83. The predicted molar refractivity (Wildman–Crippen MR) is 81.3 cm³/mol. The molecule has 0 saturated heterocycles. The molecule has 1 aliphatic rings. The number of carbonyl (C=O) groups excluding carboxylic acids is 1. The summed E-state index contributed by atoms with van der Waals surface area (Å²) in [6, 6.07) is 2.59. The van der Waals surface area contributed by atoms with Crippen LogP contribution in [0.3, 0.4) is 0 Å². The van der Waals surface area contributed by atoms with Crippen LogP contribution in [0, 0.1) is 23.0 Å². The first kappa shape index (κ1) is 20.2. The van der Waals surface area contributed by atoms with Crippen molar-refractivity contribution in [2.45, 2.75) is 25.9 Å². The summed E-state index contributed by atoms with van der Waals surface area (Å²) in [7, 11) is 0. The molecule has 0 amide bonds. The van der Waals surface area contributed by atoms with Crippen LogP contribution < -0.4 is 5.73 Å². The monoisotopic (exact) mass is 388 g/mol. The maximum Gasteiger partial charge on any atom is 0.419 e. The van der Waals surface area contributed by atoms with Crippen molar-refractivity contribution >= 4 is 5.97 Å². The van der Waals surface area contributed by atoms with E-state index < -0.39 is 52.3 Å². The molecule has 0 saturated carbocycles. The lowest BCUT2D eigenvalue weighted by Gasteiger charge is -2.27. The summed E-state index contributed by atoms with van der Waals surface area (Å²) in [4.78, 5) is 12.3. The molecular formula is C17H13F5N2O3. The van der Waals surface area contributed by atoms with Crippen LogP contribution in [0.25, 0.3) is 0 Å².